The molecule has 0 aliphatic rings. The highest BCUT2D eigenvalue weighted by molar-refractivity contribution is 5.95. The molecule has 2 rings (SSSR count). The Bertz CT molecular complexity index is 846. The second kappa shape index (κ2) is 10.0. The Labute approximate surface area is 157 Å². The summed E-state index contributed by atoms with van der Waals surface area (Å²) in [7, 11) is 2.49. The first-order valence-electron chi connectivity index (χ1n) is 8.24. The molecule has 0 saturated carbocycles. The maximum Gasteiger partial charge on any atom is 0.333 e. The minimum absolute atomic E-state index is 0.0425. The number of aliphatic imine (C=N–C) groups is 1. The average molecular weight is 369 g/mol. The van der Waals surface area contributed by atoms with E-state index in [0.717, 1.165) is 5.56 Å². The van der Waals surface area contributed by atoms with Crippen molar-refractivity contribution in [2.45, 2.75) is 12.5 Å². The molecule has 140 valence electrons. The number of benzene rings is 2. The highest BCUT2D eigenvalue weighted by atomic mass is 19.1. The van der Waals surface area contributed by atoms with Crippen molar-refractivity contribution in [1.29, 1.82) is 0 Å². The van der Waals surface area contributed by atoms with Crippen LogP contribution in [0, 0.1) is 5.82 Å². The zero-order valence-corrected chi connectivity index (χ0v) is 15.1. The number of ether oxygens (including phenoxy) is 2. The van der Waals surface area contributed by atoms with E-state index in [0.29, 0.717) is 0 Å². The Balaban J connectivity index is 2.31. The van der Waals surface area contributed by atoms with Crippen LogP contribution in [0.25, 0.3) is 6.08 Å². The molecule has 0 aliphatic carbocycles. The molecule has 1 unspecified atom stereocenters. The number of methoxy groups -OCH3 is 2. The number of halogens is 1. The fourth-order valence-corrected chi connectivity index (χ4v) is 2.37. The molecule has 1 atom stereocenters. The minimum atomic E-state index is -1.01. The molecular weight excluding hydrogens is 349 g/mol. The number of rotatable bonds is 7. The average Bonchev–Trinajstić information content (AvgIpc) is 2.70. The molecule has 2 aromatic carbocycles. The topological polar surface area (TPSA) is 65.0 Å². The third-order valence-electron chi connectivity index (χ3n) is 3.77. The molecule has 0 bridgehead atoms. The van der Waals surface area contributed by atoms with E-state index in [1.54, 1.807) is 18.2 Å². The lowest BCUT2D eigenvalue weighted by molar-refractivity contribution is -0.142. The third-order valence-corrected chi connectivity index (χ3v) is 3.77. The third kappa shape index (κ3) is 5.88. The molecule has 0 saturated heterocycles. The van der Waals surface area contributed by atoms with E-state index in [1.165, 1.54) is 32.6 Å². The van der Waals surface area contributed by atoms with Crippen LogP contribution in [0.3, 0.4) is 0 Å². The summed E-state index contributed by atoms with van der Waals surface area (Å²) in [5.41, 5.74) is 1.27. The lowest BCUT2D eigenvalue weighted by Gasteiger charge is -2.12. The maximum absolute atomic E-state index is 13.8. The van der Waals surface area contributed by atoms with Gasteiger partial charge in [0.15, 0.2) is 6.04 Å². The molecular formula is C21H20FNO4. The van der Waals surface area contributed by atoms with Gasteiger partial charge in [0.25, 0.3) is 0 Å². The van der Waals surface area contributed by atoms with Crippen molar-refractivity contribution in [2.24, 2.45) is 4.99 Å². The Hall–Kier alpha value is -3.28. The summed E-state index contributed by atoms with van der Waals surface area (Å²) in [6.07, 6.45) is 2.84. The summed E-state index contributed by atoms with van der Waals surface area (Å²) in [5.74, 6) is -1.67. The van der Waals surface area contributed by atoms with Crippen molar-refractivity contribution < 1.29 is 23.5 Å². The molecule has 27 heavy (non-hydrogen) atoms. The van der Waals surface area contributed by atoms with Crippen LogP contribution in [0.1, 0.15) is 17.5 Å². The fourth-order valence-electron chi connectivity index (χ4n) is 2.37. The van der Waals surface area contributed by atoms with Crippen LogP contribution in [0.5, 0.6) is 0 Å². The summed E-state index contributed by atoms with van der Waals surface area (Å²) in [6.45, 7) is 0. The predicted molar refractivity (Wildman–Crippen MR) is 101 cm³/mol. The van der Waals surface area contributed by atoms with E-state index >= 15 is 0 Å². The molecule has 0 amide bonds. The second-order valence-corrected chi connectivity index (χ2v) is 5.61. The van der Waals surface area contributed by atoms with Crippen molar-refractivity contribution >= 4 is 24.2 Å². The van der Waals surface area contributed by atoms with Crippen molar-refractivity contribution in [2.75, 3.05) is 14.2 Å². The zero-order valence-electron chi connectivity index (χ0n) is 15.1. The van der Waals surface area contributed by atoms with Gasteiger partial charge >= 0.3 is 11.9 Å². The van der Waals surface area contributed by atoms with Crippen LogP contribution >= 0.6 is 0 Å². The Morgan fingerprint density at radius 1 is 1.04 bits per heavy atom. The smallest absolute Gasteiger partial charge is 0.333 e. The van der Waals surface area contributed by atoms with E-state index in [9.17, 15) is 14.0 Å². The Morgan fingerprint density at radius 3 is 2.33 bits per heavy atom. The summed E-state index contributed by atoms with van der Waals surface area (Å²) in [6, 6.07) is 14.2. The Kier molecular flexibility index (Phi) is 7.43. The number of hydrogen-bond acceptors (Lipinski definition) is 5. The molecule has 0 radical (unpaired) electrons. The molecule has 0 fully saturated rings. The van der Waals surface area contributed by atoms with Crippen LogP contribution < -0.4 is 0 Å². The normalized spacial score (nSPS) is 12.6. The first-order valence-corrected chi connectivity index (χ1v) is 8.24. The van der Waals surface area contributed by atoms with Crippen molar-refractivity contribution in [1.82, 2.24) is 0 Å². The molecule has 0 spiro atoms. The van der Waals surface area contributed by atoms with E-state index in [4.69, 9.17) is 9.47 Å². The highest BCUT2D eigenvalue weighted by Gasteiger charge is 2.23. The second-order valence-electron chi connectivity index (χ2n) is 5.61. The van der Waals surface area contributed by atoms with Gasteiger partial charge < -0.3 is 9.47 Å². The number of esters is 2. The van der Waals surface area contributed by atoms with Gasteiger partial charge in [-0.1, -0.05) is 48.5 Å². The Morgan fingerprint density at radius 2 is 1.70 bits per heavy atom. The van der Waals surface area contributed by atoms with Crippen molar-refractivity contribution in [3.05, 3.63) is 77.1 Å². The summed E-state index contributed by atoms with van der Waals surface area (Å²) >= 11 is 0. The SMILES string of the molecule is COC(=O)/C(=C\c1ccccc1)CC(N=Cc1ccccc1F)C(=O)OC. The lowest BCUT2D eigenvalue weighted by Crippen LogP contribution is -2.23. The first kappa shape index (κ1) is 20.0. The molecule has 0 heterocycles. The van der Waals surface area contributed by atoms with Crippen molar-refractivity contribution in [3.63, 3.8) is 0 Å². The van der Waals surface area contributed by atoms with Crippen LogP contribution in [-0.4, -0.2) is 38.4 Å². The van der Waals surface area contributed by atoms with E-state index in [1.807, 2.05) is 30.3 Å². The molecule has 5 nitrogen and oxygen atoms in total. The van der Waals surface area contributed by atoms with Gasteiger partial charge in [0.2, 0.25) is 0 Å². The summed E-state index contributed by atoms with van der Waals surface area (Å²) in [4.78, 5) is 28.4. The standard InChI is InChI=1S/C21H20FNO4/c1-26-20(24)17(12-15-8-4-3-5-9-15)13-19(21(25)27-2)23-14-16-10-6-7-11-18(16)22/h3-12,14,19H,13H2,1-2H3/b17-12-,23-14?. The van der Waals surface area contributed by atoms with Crippen LogP contribution in [0.2, 0.25) is 0 Å². The van der Waals surface area contributed by atoms with Gasteiger partial charge in [-0.15, -0.1) is 0 Å². The number of nitrogens with zero attached hydrogens (tertiary/aromatic N) is 1. The molecule has 0 N–H and O–H groups in total. The molecule has 0 aromatic heterocycles. The van der Waals surface area contributed by atoms with Crippen LogP contribution in [0.15, 0.2) is 65.2 Å². The number of carbonyl (C=O) groups is 2. The number of carbonyl (C=O) groups excluding carboxylic acids is 2. The highest BCUT2D eigenvalue weighted by Crippen LogP contribution is 2.17. The van der Waals surface area contributed by atoms with E-state index < -0.39 is 23.8 Å². The zero-order chi connectivity index (χ0) is 19.6. The minimum Gasteiger partial charge on any atom is -0.467 e. The quantitative estimate of drug-likeness (QED) is 0.426. The van der Waals surface area contributed by atoms with E-state index in [-0.39, 0.29) is 17.6 Å². The van der Waals surface area contributed by atoms with Gasteiger partial charge in [0.05, 0.1) is 14.2 Å². The maximum atomic E-state index is 13.8. The van der Waals surface area contributed by atoms with Gasteiger partial charge in [-0.05, 0) is 17.7 Å². The predicted octanol–water partition coefficient (Wildman–Crippen LogP) is 3.43. The van der Waals surface area contributed by atoms with Gasteiger partial charge in [-0.3, -0.25) is 4.99 Å². The monoisotopic (exact) mass is 369 g/mol. The fraction of sp³-hybridized carbons (Fsp3) is 0.190. The van der Waals surface area contributed by atoms with E-state index in [2.05, 4.69) is 4.99 Å². The van der Waals surface area contributed by atoms with Crippen LogP contribution in [-0.2, 0) is 19.1 Å². The van der Waals surface area contributed by atoms with Crippen molar-refractivity contribution in [3.8, 4) is 0 Å². The summed E-state index contributed by atoms with van der Waals surface area (Å²) < 4.78 is 23.3. The van der Waals surface area contributed by atoms with Gasteiger partial charge in [-0.25, -0.2) is 14.0 Å². The lowest BCUT2D eigenvalue weighted by atomic mass is 10.0. The largest absolute Gasteiger partial charge is 0.467 e. The summed E-state index contributed by atoms with van der Waals surface area (Å²) in [5, 5.41) is 0. The van der Waals surface area contributed by atoms with Crippen LogP contribution in [0.4, 0.5) is 4.39 Å². The number of hydrogen-bond donors (Lipinski definition) is 0. The molecule has 2 aromatic rings. The van der Waals surface area contributed by atoms with Gasteiger partial charge in [-0.2, -0.15) is 0 Å². The van der Waals surface area contributed by atoms with Gasteiger partial charge in [0.1, 0.15) is 5.82 Å². The van der Waals surface area contributed by atoms with Gasteiger partial charge in [0, 0.05) is 23.8 Å². The molecule has 0 aliphatic heterocycles. The first-order chi connectivity index (χ1) is 13.0. The molecule has 6 heteroatoms.